The summed E-state index contributed by atoms with van der Waals surface area (Å²) in [5.41, 5.74) is 1.93. The molecule has 0 atom stereocenters. The van der Waals surface area contributed by atoms with Crippen LogP contribution in [0.25, 0.3) is 5.69 Å². The van der Waals surface area contributed by atoms with E-state index in [1.165, 1.54) is 0 Å². The number of aromatic nitrogens is 3. The summed E-state index contributed by atoms with van der Waals surface area (Å²) in [5, 5.41) is 7.80. The van der Waals surface area contributed by atoms with Crippen molar-refractivity contribution in [2.75, 3.05) is 7.05 Å². The Morgan fingerprint density at radius 3 is 3.07 bits per heavy atom. The highest BCUT2D eigenvalue weighted by molar-refractivity contribution is 6.30. The van der Waals surface area contributed by atoms with E-state index in [1.807, 2.05) is 19.2 Å². The van der Waals surface area contributed by atoms with E-state index in [2.05, 4.69) is 15.4 Å². The normalized spacial score (nSPS) is 10.5. The first-order valence-electron chi connectivity index (χ1n) is 4.59. The van der Waals surface area contributed by atoms with Crippen molar-refractivity contribution < 1.29 is 0 Å². The van der Waals surface area contributed by atoms with Gasteiger partial charge in [-0.1, -0.05) is 11.6 Å². The van der Waals surface area contributed by atoms with E-state index in [0.29, 0.717) is 5.02 Å². The van der Waals surface area contributed by atoms with Gasteiger partial charge in [0, 0.05) is 18.9 Å². The molecule has 15 heavy (non-hydrogen) atoms. The highest BCUT2D eigenvalue weighted by Crippen LogP contribution is 2.11. The third kappa shape index (κ3) is 2.34. The van der Waals surface area contributed by atoms with E-state index in [1.54, 1.807) is 23.3 Å². The molecule has 2 aromatic heterocycles. The summed E-state index contributed by atoms with van der Waals surface area (Å²) in [6, 6.07) is 3.86. The summed E-state index contributed by atoms with van der Waals surface area (Å²) in [6.45, 7) is 0.739. The van der Waals surface area contributed by atoms with Crippen molar-refractivity contribution in [3.8, 4) is 5.69 Å². The Morgan fingerprint density at radius 2 is 2.40 bits per heavy atom. The second-order valence-corrected chi connectivity index (χ2v) is 3.58. The lowest BCUT2D eigenvalue weighted by Crippen LogP contribution is -2.07. The third-order valence-corrected chi connectivity index (χ3v) is 2.17. The average molecular weight is 223 g/mol. The highest BCUT2D eigenvalue weighted by atomic mass is 35.5. The molecule has 2 rings (SSSR count). The lowest BCUT2D eigenvalue weighted by atomic mass is 10.3. The minimum Gasteiger partial charge on any atom is -0.314 e. The monoisotopic (exact) mass is 222 g/mol. The van der Waals surface area contributed by atoms with Gasteiger partial charge < -0.3 is 5.32 Å². The van der Waals surface area contributed by atoms with Crippen LogP contribution in [0.3, 0.4) is 0 Å². The van der Waals surface area contributed by atoms with E-state index in [9.17, 15) is 0 Å². The zero-order valence-corrected chi connectivity index (χ0v) is 9.07. The molecular weight excluding hydrogens is 212 g/mol. The third-order valence-electron chi connectivity index (χ3n) is 1.97. The van der Waals surface area contributed by atoms with Gasteiger partial charge in [-0.3, -0.25) is 4.98 Å². The Labute approximate surface area is 92.9 Å². The van der Waals surface area contributed by atoms with Gasteiger partial charge in [0.05, 0.1) is 22.6 Å². The second-order valence-electron chi connectivity index (χ2n) is 3.14. The van der Waals surface area contributed by atoms with Gasteiger partial charge in [0.25, 0.3) is 0 Å². The lowest BCUT2D eigenvalue weighted by molar-refractivity contribution is 0.784. The van der Waals surface area contributed by atoms with Crippen LogP contribution >= 0.6 is 11.6 Å². The zero-order chi connectivity index (χ0) is 10.7. The lowest BCUT2D eigenvalue weighted by Gasteiger charge is -2.03. The predicted molar refractivity (Wildman–Crippen MR) is 59.1 cm³/mol. The summed E-state index contributed by atoms with van der Waals surface area (Å²) in [7, 11) is 1.89. The van der Waals surface area contributed by atoms with Gasteiger partial charge in [0.2, 0.25) is 0 Å². The number of hydrogen-bond acceptors (Lipinski definition) is 3. The first kappa shape index (κ1) is 10.1. The molecule has 78 valence electrons. The van der Waals surface area contributed by atoms with Crippen LogP contribution in [0.5, 0.6) is 0 Å². The molecule has 4 nitrogen and oxygen atoms in total. The Balaban J connectivity index is 2.32. The van der Waals surface area contributed by atoms with Crippen molar-refractivity contribution in [2.45, 2.75) is 6.54 Å². The Morgan fingerprint density at radius 1 is 1.53 bits per heavy atom. The molecule has 5 heteroatoms. The van der Waals surface area contributed by atoms with Crippen LogP contribution in [-0.4, -0.2) is 21.8 Å². The van der Waals surface area contributed by atoms with Crippen LogP contribution in [0, 0.1) is 0 Å². The summed E-state index contributed by atoms with van der Waals surface area (Å²) in [5.74, 6) is 0. The quantitative estimate of drug-likeness (QED) is 0.859. The molecule has 0 fully saturated rings. The highest BCUT2D eigenvalue weighted by Gasteiger charge is 2.00. The molecule has 0 saturated carbocycles. The fourth-order valence-corrected chi connectivity index (χ4v) is 1.46. The Hall–Kier alpha value is -1.39. The van der Waals surface area contributed by atoms with Crippen LogP contribution in [0.1, 0.15) is 5.69 Å². The standard InChI is InChI=1S/C10H11ClN4/c1-12-6-9-4-10(2-3-13-9)15-7-8(11)5-14-15/h2-5,7,12H,6H2,1H3. The maximum absolute atomic E-state index is 5.80. The molecule has 0 aliphatic rings. The van der Waals surface area contributed by atoms with E-state index in [-0.39, 0.29) is 0 Å². The molecule has 1 N–H and O–H groups in total. The van der Waals surface area contributed by atoms with Crippen molar-refractivity contribution >= 4 is 11.6 Å². The van der Waals surface area contributed by atoms with Crippen LogP contribution in [0.15, 0.2) is 30.7 Å². The van der Waals surface area contributed by atoms with Gasteiger partial charge in [-0.05, 0) is 19.2 Å². The first-order chi connectivity index (χ1) is 7.29. The van der Waals surface area contributed by atoms with Gasteiger partial charge in [-0.2, -0.15) is 5.10 Å². The number of rotatable bonds is 3. The Bertz CT molecular complexity index is 452. The first-order valence-corrected chi connectivity index (χ1v) is 4.97. The summed E-state index contributed by atoms with van der Waals surface area (Å²) >= 11 is 5.80. The topological polar surface area (TPSA) is 42.7 Å². The fraction of sp³-hybridized carbons (Fsp3) is 0.200. The number of halogens is 1. The summed E-state index contributed by atoms with van der Waals surface area (Å²) < 4.78 is 1.73. The van der Waals surface area contributed by atoms with E-state index in [4.69, 9.17) is 11.6 Å². The molecule has 0 radical (unpaired) electrons. The maximum atomic E-state index is 5.80. The maximum Gasteiger partial charge on any atom is 0.0790 e. The van der Waals surface area contributed by atoms with Gasteiger partial charge in [0.1, 0.15) is 0 Å². The summed E-state index contributed by atoms with van der Waals surface area (Å²) in [6.07, 6.45) is 5.14. The number of nitrogens with zero attached hydrogens (tertiary/aromatic N) is 3. The van der Waals surface area contributed by atoms with Crippen molar-refractivity contribution in [3.05, 3.63) is 41.4 Å². The smallest absolute Gasteiger partial charge is 0.0790 e. The molecule has 0 aromatic carbocycles. The number of nitrogens with one attached hydrogen (secondary N) is 1. The SMILES string of the molecule is CNCc1cc(-n2cc(Cl)cn2)ccn1. The minimum absolute atomic E-state index is 0.627. The van der Waals surface area contributed by atoms with Crippen LogP contribution < -0.4 is 5.32 Å². The van der Waals surface area contributed by atoms with E-state index < -0.39 is 0 Å². The number of pyridine rings is 1. The molecule has 2 heterocycles. The molecular formula is C10H11ClN4. The molecule has 0 amide bonds. The van der Waals surface area contributed by atoms with Crippen LogP contribution in [0.4, 0.5) is 0 Å². The molecule has 2 aromatic rings. The van der Waals surface area contributed by atoms with E-state index in [0.717, 1.165) is 17.9 Å². The van der Waals surface area contributed by atoms with Crippen molar-refractivity contribution in [1.29, 1.82) is 0 Å². The summed E-state index contributed by atoms with van der Waals surface area (Å²) in [4.78, 5) is 4.22. The minimum atomic E-state index is 0.627. The molecule has 0 saturated heterocycles. The van der Waals surface area contributed by atoms with Crippen molar-refractivity contribution in [2.24, 2.45) is 0 Å². The molecule has 0 bridgehead atoms. The Kier molecular flexibility index (Phi) is 2.99. The van der Waals surface area contributed by atoms with Gasteiger partial charge in [-0.15, -0.1) is 0 Å². The molecule has 0 spiro atoms. The molecule has 0 unspecified atom stereocenters. The van der Waals surface area contributed by atoms with Crippen LogP contribution in [0.2, 0.25) is 5.02 Å². The largest absolute Gasteiger partial charge is 0.314 e. The van der Waals surface area contributed by atoms with E-state index >= 15 is 0 Å². The second kappa shape index (κ2) is 4.42. The zero-order valence-electron chi connectivity index (χ0n) is 8.31. The van der Waals surface area contributed by atoms with Gasteiger partial charge in [-0.25, -0.2) is 4.68 Å². The van der Waals surface area contributed by atoms with Gasteiger partial charge >= 0.3 is 0 Å². The van der Waals surface area contributed by atoms with Gasteiger partial charge in [0.15, 0.2) is 0 Å². The van der Waals surface area contributed by atoms with Crippen LogP contribution in [-0.2, 0) is 6.54 Å². The molecule has 0 aliphatic heterocycles. The number of hydrogen-bond donors (Lipinski definition) is 1. The van der Waals surface area contributed by atoms with Crippen molar-refractivity contribution in [3.63, 3.8) is 0 Å². The van der Waals surface area contributed by atoms with Crippen molar-refractivity contribution in [1.82, 2.24) is 20.1 Å². The fourth-order valence-electron chi connectivity index (χ4n) is 1.33. The average Bonchev–Trinajstić information content (AvgIpc) is 2.66. The predicted octanol–water partition coefficient (Wildman–Crippen LogP) is 1.64. The molecule has 0 aliphatic carbocycles.